The van der Waals surface area contributed by atoms with Crippen molar-refractivity contribution in [3.05, 3.63) is 41.3 Å². The van der Waals surface area contributed by atoms with Gasteiger partial charge in [0.05, 0.1) is 18.5 Å². The van der Waals surface area contributed by atoms with E-state index in [2.05, 4.69) is 5.10 Å². The minimum Gasteiger partial charge on any atom is -0.326 e. The van der Waals surface area contributed by atoms with Gasteiger partial charge in [0.2, 0.25) is 0 Å². The van der Waals surface area contributed by atoms with E-state index in [4.69, 9.17) is 5.73 Å². The molecule has 0 amide bonds. The second-order valence-electron chi connectivity index (χ2n) is 9.16. The maximum atomic E-state index is 14.6. The van der Waals surface area contributed by atoms with Crippen molar-refractivity contribution in [2.45, 2.75) is 56.9 Å². The lowest BCUT2D eigenvalue weighted by Crippen LogP contribution is -2.63. The molecule has 1 aromatic rings. The summed E-state index contributed by atoms with van der Waals surface area (Å²) < 4.78 is 80.8. The minimum atomic E-state index is -3.49. The van der Waals surface area contributed by atoms with Gasteiger partial charge >= 0.3 is 0 Å². The molecule has 7 nitrogen and oxygen atoms in total. The van der Waals surface area contributed by atoms with E-state index in [1.165, 1.54) is 11.1 Å². The van der Waals surface area contributed by atoms with Gasteiger partial charge in [0.1, 0.15) is 11.7 Å². The fourth-order valence-corrected chi connectivity index (χ4v) is 5.63. The molecule has 1 aliphatic carbocycles. The zero-order valence-corrected chi connectivity index (χ0v) is 18.7. The SMILES string of the molecule is CC(F)(F)CN1CC(N2Cc3cn(S(C)(=O)=O)nc3C2)CC(N)[C@H]1C1CC(F)=CC=C1F. The molecule has 0 spiro atoms. The lowest BCUT2D eigenvalue weighted by atomic mass is 9.80. The Morgan fingerprint density at radius 2 is 1.97 bits per heavy atom. The summed E-state index contributed by atoms with van der Waals surface area (Å²) in [6.45, 7) is 1.18. The summed E-state index contributed by atoms with van der Waals surface area (Å²) in [5.74, 6) is -4.99. The molecule has 4 atom stereocenters. The Kier molecular flexibility index (Phi) is 6.02. The van der Waals surface area contributed by atoms with Crippen molar-refractivity contribution in [3.63, 3.8) is 0 Å². The first-order chi connectivity index (χ1) is 14.8. The first-order valence-corrected chi connectivity index (χ1v) is 12.3. The van der Waals surface area contributed by atoms with Gasteiger partial charge in [-0.2, -0.15) is 9.19 Å². The molecule has 1 aromatic heterocycles. The van der Waals surface area contributed by atoms with Crippen LogP contribution in [0.5, 0.6) is 0 Å². The molecule has 3 heterocycles. The van der Waals surface area contributed by atoms with Crippen molar-refractivity contribution in [1.29, 1.82) is 0 Å². The number of nitrogens with zero attached hydrogens (tertiary/aromatic N) is 4. The molecule has 2 N–H and O–H groups in total. The Labute approximate surface area is 184 Å². The summed E-state index contributed by atoms with van der Waals surface area (Å²) in [5, 5.41) is 4.13. The summed E-state index contributed by atoms with van der Waals surface area (Å²) in [7, 11) is -3.49. The quantitative estimate of drug-likeness (QED) is 0.655. The Hall–Kier alpha value is -1.76. The van der Waals surface area contributed by atoms with Gasteiger partial charge in [-0.15, -0.1) is 0 Å². The number of nitrogens with two attached hydrogens (primary N) is 1. The first kappa shape index (κ1) is 23.4. The largest absolute Gasteiger partial charge is 0.326 e. The van der Waals surface area contributed by atoms with Gasteiger partial charge in [-0.3, -0.25) is 9.80 Å². The van der Waals surface area contributed by atoms with Crippen LogP contribution in [0, 0.1) is 5.92 Å². The standard InChI is InChI=1S/C20H27F4N5O2S/c1-20(23,24)11-28-9-14(6-17(25)19(28)15-5-13(21)3-4-16(15)22)27-7-12-8-29(32(2,30)31)26-18(12)10-27/h3-4,8,14-15,17,19H,5-7,9-11,25H2,1-2H3/t14?,15?,17?,19-/m1/s1. The predicted octanol–water partition coefficient (Wildman–Crippen LogP) is 2.16. The maximum absolute atomic E-state index is 14.6. The summed E-state index contributed by atoms with van der Waals surface area (Å²) in [6, 6.07) is -1.61. The van der Waals surface area contributed by atoms with Crippen LogP contribution in [0.3, 0.4) is 0 Å². The van der Waals surface area contributed by atoms with E-state index in [9.17, 15) is 26.0 Å². The molecular formula is C20H27F4N5O2S. The van der Waals surface area contributed by atoms with Crippen molar-refractivity contribution in [3.8, 4) is 0 Å². The van der Waals surface area contributed by atoms with Crippen molar-refractivity contribution in [2.75, 3.05) is 19.3 Å². The topological polar surface area (TPSA) is 84.5 Å². The van der Waals surface area contributed by atoms with Gasteiger partial charge < -0.3 is 5.73 Å². The van der Waals surface area contributed by atoms with E-state index in [1.54, 1.807) is 0 Å². The normalized spacial score (nSPS) is 30.2. The molecule has 1 saturated heterocycles. The number of hydrogen-bond acceptors (Lipinski definition) is 6. The summed E-state index contributed by atoms with van der Waals surface area (Å²) in [5.41, 5.74) is 7.77. The average Bonchev–Trinajstić information content (AvgIpc) is 3.21. The number of likely N-dealkylation sites (tertiary alicyclic amines) is 1. The van der Waals surface area contributed by atoms with E-state index >= 15 is 0 Å². The molecule has 178 valence electrons. The Bertz CT molecular complexity index is 1030. The van der Waals surface area contributed by atoms with Gasteiger partial charge in [-0.05, 0) is 18.6 Å². The van der Waals surface area contributed by atoms with E-state index in [1.807, 2.05) is 4.90 Å². The molecule has 0 bridgehead atoms. The van der Waals surface area contributed by atoms with Crippen molar-refractivity contribution in [2.24, 2.45) is 11.7 Å². The molecule has 12 heteroatoms. The molecule has 1 fully saturated rings. The van der Waals surface area contributed by atoms with Crippen LogP contribution >= 0.6 is 0 Å². The molecule has 3 unspecified atom stereocenters. The summed E-state index contributed by atoms with van der Waals surface area (Å²) in [6.07, 6.45) is 4.84. The molecular weight excluding hydrogens is 450 g/mol. The van der Waals surface area contributed by atoms with Gasteiger partial charge in [-0.25, -0.2) is 26.0 Å². The number of piperidine rings is 1. The van der Waals surface area contributed by atoms with Gasteiger partial charge in [0.25, 0.3) is 15.9 Å². The molecule has 2 aliphatic heterocycles. The third-order valence-electron chi connectivity index (χ3n) is 6.37. The summed E-state index contributed by atoms with van der Waals surface area (Å²) in [4.78, 5) is 3.51. The fraction of sp³-hybridized carbons (Fsp3) is 0.650. The van der Waals surface area contributed by atoms with Gasteiger partial charge in [0, 0.05) is 68.8 Å². The number of alkyl halides is 2. The van der Waals surface area contributed by atoms with Crippen molar-refractivity contribution >= 4 is 10.0 Å². The van der Waals surface area contributed by atoms with E-state index in [-0.39, 0.29) is 19.0 Å². The molecule has 3 aliphatic rings. The van der Waals surface area contributed by atoms with Crippen LogP contribution in [-0.2, 0) is 23.1 Å². The van der Waals surface area contributed by atoms with E-state index < -0.39 is 52.1 Å². The van der Waals surface area contributed by atoms with Crippen LogP contribution < -0.4 is 5.73 Å². The number of fused-ring (bicyclic) bond motifs is 1. The maximum Gasteiger partial charge on any atom is 0.257 e. The Balaban J connectivity index is 1.54. The lowest BCUT2D eigenvalue weighted by Gasteiger charge is -2.49. The van der Waals surface area contributed by atoms with Gasteiger partial charge in [0.15, 0.2) is 0 Å². The number of rotatable bonds is 5. The molecule has 0 radical (unpaired) electrons. The highest BCUT2D eigenvalue weighted by Gasteiger charge is 2.46. The first-order valence-electron chi connectivity index (χ1n) is 10.4. The summed E-state index contributed by atoms with van der Waals surface area (Å²) >= 11 is 0. The smallest absolute Gasteiger partial charge is 0.257 e. The third-order valence-corrected chi connectivity index (χ3v) is 7.24. The van der Waals surface area contributed by atoms with Crippen molar-refractivity contribution < 1.29 is 26.0 Å². The van der Waals surface area contributed by atoms with Crippen LogP contribution in [0.1, 0.15) is 31.0 Å². The molecule has 0 saturated carbocycles. The second-order valence-corrected chi connectivity index (χ2v) is 11.0. The number of aromatic nitrogens is 2. The minimum absolute atomic E-state index is 0.202. The van der Waals surface area contributed by atoms with Crippen LogP contribution in [0.2, 0.25) is 0 Å². The number of hydrogen-bond donors (Lipinski definition) is 1. The average molecular weight is 478 g/mol. The van der Waals surface area contributed by atoms with E-state index in [0.717, 1.165) is 35.0 Å². The third kappa shape index (κ3) is 4.78. The zero-order valence-electron chi connectivity index (χ0n) is 17.9. The second kappa shape index (κ2) is 8.23. The molecule has 32 heavy (non-hydrogen) atoms. The monoisotopic (exact) mass is 477 g/mol. The lowest BCUT2D eigenvalue weighted by molar-refractivity contribution is -0.0616. The molecule has 0 aromatic carbocycles. The Morgan fingerprint density at radius 1 is 1.25 bits per heavy atom. The van der Waals surface area contributed by atoms with E-state index in [0.29, 0.717) is 25.2 Å². The van der Waals surface area contributed by atoms with Crippen LogP contribution in [0.4, 0.5) is 17.6 Å². The highest BCUT2D eigenvalue weighted by molar-refractivity contribution is 7.89. The van der Waals surface area contributed by atoms with Crippen LogP contribution in [0.25, 0.3) is 0 Å². The van der Waals surface area contributed by atoms with Crippen molar-refractivity contribution in [1.82, 2.24) is 19.0 Å². The zero-order chi connectivity index (χ0) is 23.4. The van der Waals surface area contributed by atoms with Crippen LogP contribution in [-0.4, -0.2) is 70.8 Å². The fourth-order valence-electron chi connectivity index (χ4n) is 5.07. The highest BCUT2D eigenvalue weighted by atomic mass is 32.2. The number of allylic oxidation sites excluding steroid dienone is 3. The van der Waals surface area contributed by atoms with Crippen LogP contribution in [0.15, 0.2) is 30.0 Å². The number of halogens is 4. The predicted molar refractivity (Wildman–Crippen MR) is 111 cm³/mol. The molecule has 4 rings (SSSR count). The highest BCUT2D eigenvalue weighted by Crippen LogP contribution is 2.38. The Morgan fingerprint density at radius 3 is 2.59 bits per heavy atom. The van der Waals surface area contributed by atoms with Gasteiger partial charge in [-0.1, -0.05) is 0 Å².